The molecule has 1 atom stereocenters. The molecule has 3 amide bonds. The Morgan fingerprint density at radius 1 is 1.11 bits per heavy atom. The summed E-state index contributed by atoms with van der Waals surface area (Å²) in [5.74, 6) is -0.0384. The number of nitrogens with one attached hydrogen (secondary N) is 2. The van der Waals surface area contributed by atoms with E-state index < -0.39 is 0 Å². The summed E-state index contributed by atoms with van der Waals surface area (Å²) in [7, 11) is 0. The number of carbonyl (C=O) groups excluding carboxylic acids is 2. The molecule has 27 heavy (non-hydrogen) atoms. The van der Waals surface area contributed by atoms with Crippen LogP contribution in [0.5, 0.6) is 0 Å². The topological polar surface area (TPSA) is 74.3 Å². The Balaban J connectivity index is 1.79. The zero-order valence-electron chi connectivity index (χ0n) is 16.0. The molecule has 0 aliphatic heterocycles. The highest BCUT2D eigenvalue weighted by Gasteiger charge is 2.37. The lowest BCUT2D eigenvalue weighted by atomic mass is 10.1. The van der Waals surface area contributed by atoms with Crippen molar-refractivity contribution < 1.29 is 9.59 Å². The number of rotatable bonds is 6. The van der Waals surface area contributed by atoms with Crippen molar-refractivity contribution in [2.24, 2.45) is 0 Å². The largest absolute Gasteiger partial charge is 0.336 e. The smallest absolute Gasteiger partial charge is 0.319 e. The monoisotopic (exact) mass is 366 g/mol. The number of hydrogen-bond donors (Lipinski definition) is 2. The van der Waals surface area contributed by atoms with E-state index in [4.69, 9.17) is 0 Å². The standard InChI is InChI=1S/C21H26N4O2/c1-14(2)23-21(27)24-17-8-6-7-16(13-17)20(26)25(18-10-11-18)15(3)19-9-4-5-12-22-19/h4-9,12-15,18H,10-11H2,1-3H3,(H2,23,24,27)/t15-/m0/s1. The second kappa shape index (κ2) is 8.20. The van der Waals surface area contributed by atoms with Crippen molar-refractivity contribution >= 4 is 17.6 Å². The molecule has 1 aliphatic carbocycles. The first-order chi connectivity index (χ1) is 13.0. The molecule has 6 heteroatoms. The highest BCUT2D eigenvalue weighted by Crippen LogP contribution is 2.35. The van der Waals surface area contributed by atoms with Crippen LogP contribution >= 0.6 is 0 Å². The van der Waals surface area contributed by atoms with E-state index in [1.54, 1.807) is 30.5 Å². The highest BCUT2D eigenvalue weighted by molar-refractivity contribution is 5.97. The van der Waals surface area contributed by atoms with Gasteiger partial charge in [0.1, 0.15) is 0 Å². The van der Waals surface area contributed by atoms with Crippen molar-refractivity contribution in [2.45, 2.75) is 51.7 Å². The quantitative estimate of drug-likeness (QED) is 0.812. The van der Waals surface area contributed by atoms with Crippen LogP contribution in [0.4, 0.5) is 10.5 Å². The van der Waals surface area contributed by atoms with E-state index in [-0.39, 0.29) is 30.1 Å². The molecule has 1 saturated carbocycles. The van der Waals surface area contributed by atoms with Gasteiger partial charge in [-0.15, -0.1) is 0 Å². The number of amides is 3. The van der Waals surface area contributed by atoms with Crippen LogP contribution in [-0.2, 0) is 0 Å². The van der Waals surface area contributed by atoms with Crippen LogP contribution in [0.1, 0.15) is 55.7 Å². The van der Waals surface area contributed by atoms with Gasteiger partial charge in [0, 0.05) is 29.5 Å². The number of carbonyl (C=O) groups is 2. The average Bonchev–Trinajstić information content (AvgIpc) is 3.47. The normalized spacial score (nSPS) is 14.5. The second-order valence-corrected chi connectivity index (χ2v) is 7.21. The number of urea groups is 1. The van der Waals surface area contributed by atoms with Crippen LogP contribution in [0.25, 0.3) is 0 Å². The molecule has 1 aromatic heterocycles. The third-order valence-electron chi connectivity index (χ3n) is 4.49. The van der Waals surface area contributed by atoms with Gasteiger partial charge in [-0.2, -0.15) is 0 Å². The van der Waals surface area contributed by atoms with E-state index in [1.165, 1.54) is 0 Å². The lowest BCUT2D eigenvalue weighted by Gasteiger charge is -2.29. The summed E-state index contributed by atoms with van der Waals surface area (Å²) in [6, 6.07) is 12.7. The zero-order chi connectivity index (χ0) is 19.4. The Morgan fingerprint density at radius 2 is 1.89 bits per heavy atom. The van der Waals surface area contributed by atoms with Gasteiger partial charge in [-0.05, 0) is 63.9 Å². The minimum atomic E-state index is -0.282. The van der Waals surface area contributed by atoms with Crippen LogP contribution in [0.15, 0.2) is 48.7 Å². The lowest BCUT2D eigenvalue weighted by Crippen LogP contribution is -2.36. The Hall–Kier alpha value is -2.89. The lowest BCUT2D eigenvalue weighted by molar-refractivity contribution is 0.0670. The summed E-state index contributed by atoms with van der Waals surface area (Å²) in [5.41, 5.74) is 2.04. The number of nitrogens with zero attached hydrogens (tertiary/aromatic N) is 2. The van der Waals surface area contributed by atoms with E-state index in [9.17, 15) is 9.59 Å². The molecular weight excluding hydrogens is 340 g/mol. The summed E-state index contributed by atoms with van der Waals surface area (Å²) in [6.07, 6.45) is 3.77. The summed E-state index contributed by atoms with van der Waals surface area (Å²) < 4.78 is 0. The minimum absolute atomic E-state index is 0.0384. The Kier molecular flexibility index (Phi) is 5.74. The molecule has 142 valence electrons. The Labute approximate surface area is 160 Å². The molecule has 6 nitrogen and oxygen atoms in total. The number of benzene rings is 1. The first-order valence-corrected chi connectivity index (χ1v) is 9.37. The zero-order valence-corrected chi connectivity index (χ0v) is 16.0. The molecule has 1 aromatic carbocycles. The van der Waals surface area contributed by atoms with E-state index in [1.807, 2.05) is 43.9 Å². The maximum atomic E-state index is 13.2. The number of hydrogen-bond acceptors (Lipinski definition) is 3. The number of aromatic nitrogens is 1. The molecule has 1 fully saturated rings. The molecule has 0 spiro atoms. The van der Waals surface area contributed by atoms with E-state index in [0.29, 0.717) is 11.3 Å². The molecule has 1 aliphatic rings. The maximum Gasteiger partial charge on any atom is 0.319 e. The first-order valence-electron chi connectivity index (χ1n) is 9.37. The molecule has 1 heterocycles. The minimum Gasteiger partial charge on any atom is -0.336 e. The number of pyridine rings is 1. The van der Waals surface area contributed by atoms with Crippen LogP contribution in [0.2, 0.25) is 0 Å². The van der Waals surface area contributed by atoms with Crippen LogP contribution in [0, 0.1) is 0 Å². The maximum absolute atomic E-state index is 13.2. The van der Waals surface area contributed by atoms with Crippen LogP contribution < -0.4 is 10.6 Å². The predicted octanol–water partition coefficient (Wildman–Crippen LogP) is 3.98. The fourth-order valence-electron chi connectivity index (χ4n) is 3.08. The summed E-state index contributed by atoms with van der Waals surface area (Å²) in [4.78, 5) is 31.5. The molecular formula is C21H26N4O2. The van der Waals surface area contributed by atoms with Gasteiger partial charge in [0.2, 0.25) is 0 Å². The first kappa shape index (κ1) is 18.9. The Bertz CT molecular complexity index is 803. The van der Waals surface area contributed by atoms with Crippen LogP contribution in [0.3, 0.4) is 0 Å². The summed E-state index contributed by atoms with van der Waals surface area (Å²) >= 11 is 0. The highest BCUT2D eigenvalue weighted by atomic mass is 16.2. The fraction of sp³-hybridized carbons (Fsp3) is 0.381. The van der Waals surface area contributed by atoms with Gasteiger partial charge in [0.25, 0.3) is 5.91 Å². The molecule has 2 N–H and O–H groups in total. The SMILES string of the molecule is CC(C)NC(=O)Nc1cccc(C(=O)N(C2CC2)[C@@H](C)c2ccccn2)c1. The van der Waals surface area contributed by atoms with Gasteiger partial charge in [-0.1, -0.05) is 12.1 Å². The summed E-state index contributed by atoms with van der Waals surface area (Å²) in [6.45, 7) is 5.80. The predicted molar refractivity (Wildman–Crippen MR) is 106 cm³/mol. The second-order valence-electron chi connectivity index (χ2n) is 7.21. The number of anilines is 1. The van der Waals surface area contributed by atoms with Gasteiger partial charge in [0.15, 0.2) is 0 Å². The van der Waals surface area contributed by atoms with Crippen molar-refractivity contribution in [1.29, 1.82) is 0 Å². The van der Waals surface area contributed by atoms with Crippen molar-refractivity contribution in [3.05, 3.63) is 59.9 Å². The van der Waals surface area contributed by atoms with Crippen molar-refractivity contribution in [3.8, 4) is 0 Å². The molecule has 0 saturated heterocycles. The van der Waals surface area contributed by atoms with Gasteiger partial charge in [0.05, 0.1) is 11.7 Å². The van der Waals surface area contributed by atoms with Crippen molar-refractivity contribution in [2.75, 3.05) is 5.32 Å². The van der Waals surface area contributed by atoms with Crippen molar-refractivity contribution in [1.82, 2.24) is 15.2 Å². The van der Waals surface area contributed by atoms with Crippen molar-refractivity contribution in [3.63, 3.8) is 0 Å². The van der Waals surface area contributed by atoms with E-state index in [2.05, 4.69) is 15.6 Å². The summed E-state index contributed by atoms with van der Waals surface area (Å²) in [5, 5.41) is 5.56. The third-order valence-corrected chi connectivity index (χ3v) is 4.49. The third kappa shape index (κ3) is 4.84. The van der Waals surface area contributed by atoms with Gasteiger partial charge < -0.3 is 15.5 Å². The van der Waals surface area contributed by atoms with E-state index in [0.717, 1.165) is 18.5 Å². The molecule has 2 aromatic rings. The molecule has 0 unspecified atom stereocenters. The van der Waals surface area contributed by atoms with Gasteiger partial charge >= 0.3 is 6.03 Å². The van der Waals surface area contributed by atoms with Gasteiger partial charge in [-0.3, -0.25) is 9.78 Å². The fourth-order valence-corrected chi connectivity index (χ4v) is 3.08. The van der Waals surface area contributed by atoms with Crippen LogP contribution in [-0.4, -0.2) is 33.9 Å². The molecule has 0 bridgehead atoms. The Morgan fingerprint density at radius 3 is 2.52 bits per heavy atom. The van der Waals surface area contributed by atoms with E-state index >= 15 is 0 Å². The van der Waals surface area contributed by atoms with Gasteiger partial charge in [-0.25, -0.2) is 4.79 Å². The molecule has 0 radical (unpaired) electrons. The average molecular weight is 366 g/mol. The molecule has 3 rings (SSSR count).